The van der Waals surface area contributed by atoms with Crippen LogP contribution in [0.25, 0.3) is 0 Å². The third-order valence-electron chi connectivity index (χ3n) is 2.88. The lowest BCUT2D eigenvalue weighted by Gasteiger charge is -2.21. The minimum Gasteiger partial charge on any atom is -0.271 e. The molecule has 2 heterocycles. The van der Waals surface area contributed by atoms with Gasteiger partial charge in [0.2, 0.25) is 0 Å². The van der Waals surface area contributed by atoms with Gasteiger partial charge in [-0.1, -0.05) is 31.3 Å². The summed E-state index contributed by atoms with van der Waals surface area (Å²) in [6.45, 7) is 8.37. The third-order valence-corrected chi connectivity index (χ3v) is 3.67. The lowest BCUT2D eigenvalue weighted by atomic mass is 9.89. The quantitative estimate of drug-likeness (QED) is 0.663. The number of aryl methyl sites for hydroxylation is 1. The van der Waals surface area contributed by atoms with Crippen LogP contribution in [0.2, 0.25) is 0 Å². The molecule has 0 amide bonds. The van der Waals surface area contributed by atoms with Gasteiger partial charge < -0.3 is 0 Å². The van der Waals surface area contributed by atoms with Crippen molar-refractivity contribution in [1.82, 2.24) is 20.0 Å². The molecule has 0 bridgehead atoms. The smallest absolute Gasteiger partial charge is 0.0861 e. The largest absolute Gasteiger partial charge is 0.271 e. The predicted octanol–water partition coefficient (Wildman–Crippen LogP) is 2.09. The van der Waals surface area contributed by atoms with Gasteiger partial charge in [0.05, 0.1) is 16.6 Å². The third kappa shape index (κ3) is 2.97. The first kappa shape index (κ1) is 14.0. The van der Waals surface area contributed by atoms with Crippen LogP contribution in [0, 0.1) is 6.92 Å². The Bertz CT molecular complexity index is 558. The Hall–Kier alpha value is -1.37. The van der Waals surface area contributed by atoms with E-state index < -0.39 is 0 Å². The zero-order valence-electron chi connectivity index (χ0n) is 11.6. The zero-order valence-corrected chi connectivity index (χ0v) is 12.5. The van der Waals surface area contributed by atoms with E-state index in [4.69, 9.17) is 5.84 Å². The molecule has 1 atom stereocenters. The number of hydrazine groups is 1. The van der Waals surface area contributed by atoms with Crippen LogP contribution in [-0.2, 0) is 5.41 Å². The molecule has 0 radical (unpaired) electrons. The summed E-state index contributed by atoms with van der Waals surface area (Å²) >= 11 is 1.38. The molecule has 0 aromatic carbocycles. The van der Waals surface area contributed by atoms with Crippen molar-refractivity contribution in [2.24, 2.45) is 5.84 Å². The Morgan fingerprint density at radius 2 is 2.05 bits per heavy atom. The summed E-state index contributed by atoms with van der Waals surface area (Å²) in [5.74, 6) is 5.73. The molecule has 2 rings (SSSR count). The van der Waals surface area contributed by atoms with Crippen molar-refractivity contribution in [2.75, 3.05) is 0 Å². The van der Waals surface area contributed by atoms with Gasteiger partial charge in [0.1, 0.15) is 0 Å². The molecule has 19 heavy (non-hydrogen) atoms. The first-order chi connectivity index (χ1) is 8.93. The van der Waals surface area contributed by atoms with Gasteiger partial charge in [-0.25, -0.2) is 5.43 Å². The van der Waals surface area contributed by atoms with Crippen LogP contribution < -0.4 is 11.3 Å². The van der Waals surface area contributed by atoms with E-state index in [0.717, 1.165) is 21.7 Å². The van der Waals surface area contributed by atoms with Crippen molar-refractivity contribution in [3.8, 4) is 0 Å². The number of hydrogen-bond acceptors (Lipinski definition) is 6. The maximum Gasteiger partial charge on any atom is 0.0861 e. The number of pyridine rings is 1. The van der Waals surface area contributed by atoms with E-state index in [1.165, 1.54) is 11.5 Å². The van der Waals surface area contributed by atoms with Gasteiger partial charge in [-0.3, -0.25) is 10.8 Å². The molecule has 1 unspecified atom stereocenters. The molecule has 102 valence electrons. The van der Waals surface area contributed by atoms with E-state index in [9.17, 15) is 0 Å². The highest BCUT2D eigenvalue weighted by Crippen LogP contribution is 2.33. The van der Waals surface area contributed by atoms with E-state index in [-0.39, 0.29) is 11.5 Å². The number of nitrogens with one attached hydrogen (secondary N) is 1. The molecule has 3 N–H and O–H groups in total. The second-order valence-electron chi connectivity index (χ2n) is 5.63. The standard InChI is InChI=1S/C13H19N5S/c1-8-5-9(7-15-6-8)10(16-14)11-12(13(2,3)4)17-18-19-11/h5-7,10,16H,14H2,1-4H3. The number of rotatable bonds is 3. The summed E-state index contributed by atoms with van der Waals surface area (Å²) in [4.78, 5) is 5.27. The first-order valence-corrected chi connectivity index (χ1v) is 6.91. The van der Waals surface area contributed by atoms with Crippen LogP contribution in [0.4, 0.5) is 0 Å². The van der Waals surface area contributed by atoms with Crippen LogP contribution in [0.3, 0.4) is 0 Å². The number of nitrogens with zero attached hydrogens (tertiary/aromatic N) is 3. The molecule has 2 aromatic heterocycles. The SMILES string of the molecule is Cc1cncc(C(NN)c2snnc2C(C)(C)C)c1. The highest BCUT2D eigenvalue weighted by atomic mass is 32.1. The fourth-order valence-corrected chi connectivity index (χ4v) is 2.92. The normalized spacial score (nSPS) is 13.5. The van der Waals surface area contributed by atoms with Crippen molar-refractivity contribution in [3.63, 3.8) is 0 Å². The highest BCUT2D eigenvalue weighted by Gasteiger charge is 2.27. The lowest BCUT2D eigenvalue weighted by molar-refractivity contribution is 0.543. The average Bonchev–Trinajstić information content (AvgIpc) is 2.79. The van der Waals surface area contributed by atoms with Gasteiger partial charge in [0.25, 0.3) is 0 Å². The number of aromatic nitrogens is 3. The molecule has 2 aromatic rings. The molecule has 0 fully saturated rings. The Labute approximate surface area is 117 Å². The Morgan fingerprint density at radius 1 is 1.32 bits per heavy atom. The molecule has 0 saturated carbocycles. The number of hydrogen-bond donors (Lipinski definition) is 2. The molecule has 0 saturated heterocycles. The summed E-state index contributed by atoms with van der Waals surface area (Å²) < 4.78 is 4.08. The topological polar surface area (TPSA) is 76.7 Å². The maximum absolute atomic E-state index is 5.73. The van der Waals surface area contributed by atoms with Crippen LogP contribution in [0.15, 0.2) is 18.5 Å². The van der Waals surface area contributed by atoms with Gasteiger partial charge in [-0.05, 0) is 29.6 Å². The van der Waals surface area contributed by atoms with E-state index in [0.29, 0.717) is 0 Å². The summed E-state index contributed by atoms with van der Waals surface area (Å²) in [5, 5.41) is 4.26. The molecule has 0 aliphatic rings. The predicted molar refractivity (Wildman–Crippen MR) is 76.7 cm³/mol. The van der Waals surface area contributed by atoms with Gasteiger partial charge in [0, 0.05) is 17.8 Å². The van der Waals surface area contributed by atoms with Gasteiger partial charge >= 0.3 is 0 Å². The van der Waals surface area contributed by atoms with Gasteiger partial charge in [0.15, 0.2) is 0 Å². The summed E-state index contributed by atoms with van der Waals surface area (Å²) in [6.07, 6.45) is 3.65. The Balaban J connectivity index is 2.46. The minimum atomic E-state index is -0.123. The van der Waals surface area contributed by atoms with E-state index >= 15 is 0 Å². The summed E-state index contributed by atoms with van der Waals surface area (Å²) in [5.41, 5.74) is 5.90. The Kier molecular flexibility index (Phi) is 3.93. The summed E-state index contributed by atoms with van der Waals surface area (Å²) in [6, 6.07) is 1.95. The second-order valence-corrected chi connectivity index (χ2v) is 6.42. The highest BCUT2D eigenvalue weighted by molar-refractivity contribution is 7.05. The van der Waals surface area contributed by atoms with Crippen molar-refractivity contribution < 1.29 is 0 Å². The monoisotopic (exact) mass is 277 g/mol. The second kappa shape index (κ2) is 5.32. The molecule has 6 heteroatoms. The van der Waals surface area contributed by atoms with Crippen LogP contribution in [-0.4, -0.2) is 14.6 Å². The molecule has 0 aliphatic heterocycles. The number of nitrogens with two attached hydrogens (primary N) is 1. The molecular formula is C13H19N5S. The summed E-state index contributed by atoms with van der Waals surface area (Å²) in [7, 11) is 0. The van der Waals surface area contributed by atoms with Crippen molar-refractivity contribution in [1.29, 1.82) is 0 Å². The lowest BCUT2D eigenvalue weighted by Crippen LogP contribution is -2.30. The first-order valence-electron chi connectivity index (χ1n) is 6.14. The van der Waals surface area contributed by atoms with E-state index in [2.05, 4.69) is 46.8 Å². The molecular weight excluding hydrogens is 258 g/mol. The fraction of sp³-hybridized carbons (Fsp3) is 0.462. The maximum atomic E-state index is 5.73. The van der Waals surface area contributed by atoms with Crippen molar-refractivity contribution >= 4 is 11.5 Å². The van der Waals surface area contributed by atoms with Crippen molar-refractivity contribution in [2.45, 2.75) is 39.2 Å². The minimum absolute atomic E-state index is 0.0608. The zero-order chi connectivity index (χ0) is 14.0. The van der Waals surface area contributed by atoms with E-state index in [1.54, 1.807) is 0 Å². The van der Waals surface area contributed by atoms with Crippen molar-refractivity contribution in [3.05, 3.63) is 40.2 Å². The fourth-order valence-electron chi connectivity index (χ4n) is 1.97. The van der Waals surface area contributed by atoms with Gasteiger partial charge in [-0.2, -0.15) is 0 Å². The average molecular weight is 277 g/mol. The molecule has 0 aliphatic carbocycles. The molecule has 0 spiro atoms. The van der Waals surface area contributed by atoms with Crippen LogP contribution in [0.5, 0.6) is 0 Å². The Morgan fingerprint density at radius 3 is 2.63 bits per heavy atom. The van der Waals surface area contributed by atoms with Crippen LogP contribution in [0.1, 0.15) is 48.5 Å². The molecule has 5 nitrogen and oxygen atoms in total. The van der Waals surface area contributed by atoms with Gasteiger partial charge in [-0.15, -0.1) is 5.10 Å². The van der Waals surface area contributed by atoms with E-state index in [1.807, 2.05) is 19.3 Å². The van der Waals surface area contributed by atoms with Crippen LogP contribution >= 0.6 is 11.5 Å².